The fraction of sp³-hybridized carbons (Fsp3) is 0.911. The molecule has 0 aliphatic carbocycles. The van der Waals surface area contributed by atoms with Gasteiger partial charge < -0.3 is 18.9 Å². The molecule has 1 unspecified atom stereocenters. The van der Waals surface area contributed by atoms with E-state index in [0.29, 0.717) is 17.4 Å². The Labute approximate surface area is 339 Å². The van der Waals surface area contributed by atoms with E-state index in [9.17, 15) is 19.0 Å². The predicted octanol–water partition coefficient (Wildman–Crippen LogP) is 13.0. The summed E-state index contributed by atoms with van der Waals surface area (Å²) in [7, 11) is 1.48. The lowest BCUT2D eigenvalue weighted by Gasteiger charge is -2.24. The third-order valence-electron chi connectivity index (χ3n) is 10.0. The molecule has 55 heavy (non-hydrogen) atoms. The molecular formula is C45H89NO8P+. The summed E-state index contributed by atoms with van der Waals surface area (Å²) in [6, 6.07) is 0. The number of likely N-dealkylation sites (N-methyl/N-ethyl adjacent to an activating group) is 1. The molecule has 0 saturated carbocycles. The number of carbonyl (C=O) groups is 2. The maximum Gasteiger partial charge on any atom is 0.472 e. The Balaban J connectivity index is 4.29. The summed E-state index contributed by atoms with van der Waals surface area (Å²) in [5, 5.41) is 0. The molecule has 0 aliphatic rings. The van der Waals surface area contributed by atoms with Crippen molar-refractivity contribution >= 4 is 19.8 Å². The van der Waals surface area contributed by atoms with Crippen molar-refractivity contribution in [1.82, 2.24) is 0 Å². The normalized spacial score (nSPS) is 13.6. The molecule has 0 rings (SSSR count). The van der Waals surface area contributed by atoms with Crippen molar-refractivity contribution in [3.05, 3.63) is 12.2 Å². The zero-order valence-corrected chi connectivity index (χ0v) is 37.6. The van der Waals surface area contributed by atoms with Crippen LogP contribution in [0, 0.1) is 0 Å². The van der Waals surface area contributed by atoms with Crippen LogP contribution in [0.15, 0.2) is 12.2 Å². The molecule has 0 fully saturated rings. The van der Waals surface area contributed by atoms with E-state index in [4.69, 9.17) is 18.5 Å². The van der Waals surface area contributed by atoms with Gasteiger partial charge in [-0.15, -0.1) is 0 Å². The second-order valence-electron chi connectivity index (χ2n) is 16.8. The summed E-state index contributed by atoms with van der Waals surface area (Å²) in [6.45, 7) is 4.43. The Hall–Kier alpha value is -1.25. The number of nitrogens with zero attached hydrogens (tertiary/aromatic N) is 1. The topological polar surface area (TPSA) is 108 Å². The van der Waals surface area contributed by atoms with Gasteiger partial charge in [0.25, 0.3) is 0 Å². The van der Waals surface area contributed by atoms with Gasteiger partial charge in [-0.3, -0.25) is 18.6 Å². The van der Waals surface area contributed by atoms with Crippen LogP contribution in [0.3, 0.4) is 0 Å². The molecule has 326 valence electrons. The zero-order valence-electron chi connectivity index (χ0n) is 36.7. The molecule has 0 aromatic rings. The van der Waals surface area contributed by atoms with Gasteiger partial charge in [0, 0.05) is 12.8 Å². The van der Waals surface area contributed by atoms with Crippen LogP contribution < -0.4 is 0 Å². The number of allylic oxidation sites excluding steroid dienone is 2. The minimum Gasteiger partial charge on any atom is -0.462 e. The molecule has 10 heteroatoms. The first-order chi connectivity index (χ1) is 26.5. The highest BCUT2D eigenvalue weighted by molar-refractivity contribution is 7.47. The second kappa shape index (κ2) is 38.3. The molecule has 0 amide bonds. The molecular weight excluding hydrogens is 713 g/mol. The molecule has 0 heterocycles. The molecule has 0 aromatic heterocycles. The van der Waals surface area contributed by atoms with Crippen molar-refractivity contribution < 1.29 is 42.1 Å². The number of phosphoric ester groups is 1. The Morgan fingerprint density at radius 3 is 1.36 bits per heavy atom. The lowest BCUT2D eigenvalue weighted by molar-refractivity contribution is -0.870. The van der Waals surface area contributed by atoms with Gasteiger partial charge in [-0.25, -0.2) is 4.57 Å². The fourth-order valence-corrected chi connectivity index (χ4v) is 7.16. The Morgan fingerprint density at radius 1 is 0.545 bits per heavy atom. The number of carbonyl (C=O) groups excluding carboxylic acids is 2. The van der Waals surface area contributed by atoms with Gasteiger partial charge in [0.1, 0.15) is 19.8 Å². The van der Waals surface area contributed by atoms with Crippen LogP contribution in [0.4, 0.5) is 0 Å². The number of ether oxygens (including phenoxy) is 2. The summed E-state index contributed by atoms with van der Waals surface area (Å²) >= 11 is 0. The van der Waals surface area contributed by atoms with Crippen LogP contribution in [0.5, 0.6) is 0 Å². The molecule has 0 spiro atoms. The lowest BCUT2D eigenvalue weighted by atomic mass is 10.0. The Bertz CT molecular complexity index is 954. The van der Waals surface area contributed by atoms with Crippen molar-refractivity contribution in [3.8, 4) is 0 Å². The molecule has 1 N–H and O–H groups in total. The van der Waals surface area contributed by atoms with Crippen LogP contribution in [0.25, 0.3) is 0 Å². The van der Waals surface area contributed by atoms with Crippen molar-refractivity contribution in [2.45, 2.75) is 219 Å². The summed E-state index contributed by atoms with van der Waals surface area (Å²) in [5.74, 6) is -0.798. The third-order valence-corrected chi connectivity index (χ3v) is 11.0. The first-order valence-electron chi connectivity index (χ1n) is 22.9. The van der Waals surface area contributed by atoms with Crippen LogP contribution in [-0.2, 0) is 32.7 Å². The smallest absolute Gasteiger partial charge is 0.462 e. The molecule has 0 saturated heterocycles. The van der Waals surface area contributed by atoms with Gasteiger partial charge in [-0.05, 0) is 38.5 Å². The summed E-state index contributed by atoms with van der Waals surface area (Å²) in [4.78, 5) is 35.4. The molecule has 2 atom stereocenters. The van der Waals surface area contributed by atoms with E-state index in [2.05, 4.69) is 26.0 Å². The molecule has 0 aliphatic heterocycles. The predicted molar refractivity (Wildman–Crippen MR) is 229 cm³/mol. The standard InChI is InChI=1S/C45H88NO8P/c1-6-8-10-12-14-16-18-20-21-22-23-24-26-28-30-32-34-36-38-45(48)54-43(42-53-55(49,50)52-40-39-46(3,4)5)41-51-44(47)37-35-33-31-29-27-25-19-17-15-13-11-9-7-2/h17,19,43H,6-16,18,20-42H2,1-5H3/p+1/b19-17+/t43-/m1/s1. The number of rotatable bonds is 42. The quantitative estimate of drug-likeness (QED) is 0.0214. The number of hydrogen-bond donors (Lipinski definition) is 1. The lowest BCUT2D eigenvalue weighted by Crippen LogP contribution is -2.37. The number of quaternary nitrogens is 1. The Morgan fingerprint density at radius 2 is 0.927 bits per heavy atom. The highest BCUT2D eigenvalue weighted by Crippen LogP contribution is 2.43. The van der Waals surface area contributed by atoms with Crippen molar-refractivity contribution in [3.63, 3.8) is 0 Å². The van der Waals surface area contributed by atoms with Gasteiger partial charge in [-0.1, -0.05) is 174 Å². The molecule has 0 radical (unpaired) electrons. The number of hydrogen-bond acceptors (Lipinski definition) is 7. The number of unbranched alkanes of at least 4 members (excludes halogenated alkanes) is 26. The van der Waals surface area contributed by atoms with E-state index >= 15 is 0 Å². The average Bonchev–Trinajstić information content (AvgIpc) is 3.13. The second-order valence-corrected chi connectivity index (χ2v) is 18.2. The van der Waals surface area contributed by atoms with E-state index in [-0.39, 0.29) is 32.0 Å². The van der Waals surface area contributed by atoms with Gasteiger partial charge in [0.15, 0.2) is 6.10 Å². The van der Waals surface area contributed by atoms with Gasteiger partial charge >= 0.3 is 19.8 Å². The largest absolute Gasteiger partial charge is 0.472 e. The molecule has 9 nitrogen and oxygen atoms in total. The van der Waals surface area contributed by atoms with Crippen molar-refractivity contribution in [2.75, 3.05) is 47.5 Å². The number of phosphoric acid groups is 1. The first-order valence-corrected chi connectivity index (χ1v) is 24.4. The minimum absolute atomic E-state index is 0.0336. The van der Waals surface area contributed by atoms with Crippen LogP contribution in [-0.4, -0.2) is 74.9 Å². The van der Waals surface area contributed by atoms with Crippen molar-refractivity contribution in [1.29, 1.82) is 0 Å². The van der Waals surface area contributed by atoms with Crippen molar-refractivity contribution in [2.24, 2.45) is 0 Å². The van der Waals surface area contributed by atoms with Crippen LogP contribution in [0.1, 0.15) is 213 Å². The SMILES string of the molecule is CCCCCC/C=C/CCCCCCCC(=O)OC[C@H](COP(=O)(O)OCC[N+](C)(C)C)OC(=O)CCCCCCCCCCCCCCCCCCCC. The first kappa shape index (κ1) is 53.8. The summed E-state index contributed by atoms with van der Waals surface area (Å²) < 4.78 is 34.3. The highest BCUT2D eigenvalue weighted by Gasteiger charge is 2.27. The average molecular weight is 803 g/mol. The maximum absolute atomic E-state index is 12.7. The van der Waals surface area contributed by atoms with Gasteiger partial charge in [0.05, 0.1) is 27.7 Å². The monoisotopic (exact) mass is 803 g/mol. The Kier molecular flexibility index (Phi) is 37.4. The summed E-state index contributed by atoms with van der Waals surface area (Å²) in [5.41, 5.74) is 0. The van der Waals surface area contributed by atoms with Crippen LogP contribution in [0.2, 0.25) is 0 Å². The van der Waals surface area contributed by atoms with Gasteiger partial charge in [0.2, 0.25) is 0 Å². The minimum atomic E-state index is -4.37. The van der Waals surface area contributed by atoms with E-state index in [0.717, 1.165) is 51.4 Å². The van der Waals surface area contributed by atoms with E-state index in [1.807, 2.05) is 21.1 Å². The van der Waals surface area contributed by atoms with Gasteiger partial charge in [-0.2, -0.15) is 0 Å². The van der Waals surface area contributed by atoms with E-state index < -0.39 is 26.5 Å². The molecule has 0 bridgehead atoms. The molecule has 0 aromatic carbocycles. The maximum atomic E-state index is 12.7. The number of esters is 2. The third kappa shape index (κ3) is 42.2. The van der Waals surface area contributed by atoms with E-state index in [1.54, 1.807) is 0 Å². The zero-order chi connectivity index (χ0) is 40.7. The fourth-order valence-electron chi connectivity index (χ4n) is 6.42. The van der Waals surface area contributed by atoms with Crippen LogP contribution >= 0.6 is 7.82 Å². The highest BCUT2D eigenvalue weighted by atomic mass is 31.2. The summed E-state index contributed by atoms with van der Waals surface area (Å²) in [6.07, 6.45) is 39.7. The van der Waals surface area contributed by atoms with E-state index in [1.165, 1.54) is 128 Å².